The molecular weight excluding hydrogens is 404 g/mol. The van der Waals surface area contributed by atoms with Crippen LogP contribution in [0.5, 0.6) is 0 Å². The fourth-order valence-corrected chi connectivity index (χ4v) is 2.71. The summed E-state index contributed by atoms with van der Waals surface area (Å²) >= 11 is 0. The second-order valence-corrected chi connectivity index (χ2v) is 6.30. The average molecular weight is 420 g/mol. The Bertz CT molecular complexity index is 1100. The van der Waals surface area contributed by atoms with E-state index in [2.05, 4.69) is 15.7 Å². The molecule has 3 rings (SSSR count). The van der Waals surface area contributed by atoms with Gasteiger partial charge in [-0.3, -0.25) is 14.3 Å². The summed E-state index contributed by atoms with van der Waals surface area (Å²) in [5.41, 5.74) is -0.540. The summed E-state index contributed by atoms with van der Waals surface area (Å²) in [6.45, 7) is 1.68. The molecule has 0 saturated carbocycles. The van der Waals surface area contributed by atoms with E-state index in [9.17, 15) is 27.2 Å². The van der Waals surface area contributed by atoms with E-state index < -0.39 is 41.1 Å². The Morgan fingerprint density at radius 2 is 1.50 bits per heavy atom. The number of hydrogen-bond acceptors (Lipinski definition) is 3. The largest absolute Gasteiger partial charge is 0.322 e. The van der Waals surface area contributed by atoms with E-state index in [-0.39, 0.29) is 23.5 Å². The molecule has 30 heavy (non-hydrogen) atoms. The second kappa shape index (κ2) is 8.76. The fraction of sp³-hybridized carbons (Fsp3) is 0.150. The molecule has 1 heterocycles. The number of anilines is 2. The zero-order valence-corrected chi connectivity index (χ0v) is 15.6. The number of nitrogens with zero attached hydrogens (tertiary/aromatic N) is 2. The number of benzene rings is 2. The Kier molecular flexibility index (Phi) is 6.14. The van der Waals surface area contributed by atoms with Gasteiger partial charge in [-0.2, -0.15) is 5.10 Å². The van der Waals surface area contributed by atoms with Crippen LogP contribution in [-0.4, -0.2) is 21.6 Å². The Balaban J connectivity index is 1.73. The molecule has 2 aromatic carbocycles. The summed E-state index contributed by atoms with van der Waals surface area (Å²) in [7, 11) is 0. The summed E-state index contributed by atoms with van der Waals surface area (Å²) in [6.07, 6.45) is 1.62. The maximum atomic E-state index is 13.8. The molecule has 0 fully saturated rings. The van der Waals surface area contributed by atoms with Gasteiger partial charge < -0.3 is 10.6 Å². The first-order valence-electron chi connectivity index (χ1n) is 8.86. The van der Waals surface area contributed by atoms with Crippen molar-refractivity contribution >= 4 is 23.2 Å². The predicted octanol–water partition coefficient (Wildman–Crippen LogP) is 4.28. The van der Waals surface area contributed by atoms with E-state index in [1.165, 1.54) is 16.9 Å². The zero-order valence-electron chi connectivity index (χ0n) is 15.6. The molecule has 0 radical (unpaired) electrons. The molecule has 2 N–H and O–H groups in total. The lowest BCUT2D eigenvalue weighted by molar-refractivity contribution is -0.119. The van der Waals surface area contributed by atoms with Crippen LogP contribution in [0.2, 0.25) is 0 Å². The molecular formula is C20H16F4N4O2. The zero-order chi connectivity index (χ0) is 21.8. The monoisotopic (exact) mass is 420 g/mol. The normalized spacial score (nSPS) is 11.8. The van der Waals surface area contributed by atoms with Crippen LogP contribution in [0.25, 0.3) is 0 Å². The number of nitrogens with one attached hydrogen (secondary N) is 2. The van der Waals surface area contributed by atoms with Gasteiger partial charge in [0.25, 0.3) is 5.91 Å². The third-order valence-electron chi connectivity index (χ3n) is 4.22. The number of carbonyl (C=O) groups excluding carboxylic acids is 2. The van der Waals surface area contributed by atoms with Crippen LogP contribution in [0.15, 0.2) is 48.7 Å². The molecule has 1 aromatic heterocycles. The first-order chi connectivity index (χ1) is 14.3. The van der Waals surface area contributed by atoms with Crippen LogP contribution in [-0.2, 0) is 4.79 Å². The highest BCUT2D eigenvalue weighted by molar-refractivity contribution is 6.03. The number of amides is 2. The van der Waals surface area contributed by atoms with Gasteiger partial charge in [0.05, 0.1) is 11.4 Å². The molecule has 3 aromatic rings. The maximum Gasteiger partial charge on any atom is 0.276 e. The number of rotatable bonds is 6. The summed E-state index contributed by atoms with van der Waals surface area (Å²) < 4.78 is 54.6. The SMILES string of the molecule is CC[C@H](C(=O)Nc1ccc(F)cc1F)n1ccc(C(=O)Nc2ccc(F)cc2F)n1. The predicted molar refractivity (Wildman–Crippen MR) is 101 cm³/mol. The lowest BCUT2D eigenvalue weighted by Crippen LogP contribution is -2.27. The topological polar surface area (TPSA) is 76.0 Å². The maximum absolute atomic E-state index is 13.8. The van der Waals surface area contributed by atoms with Crippen molar-refractivity contribution in [3.8, 4) is 0 Å². The second-order valence-electron chi connectivity index (χ2n) is 6.30. The molecule has 0 spiro atoms. The minimum Gasteiger partial charge on any atom is -0.322 e. The van der Waals surface area contributed by atoms with Gasteiger partial charge in [0, 0.05) is 18.3 Å². The molecule has 6 nitrogen and oxygen atoms in total. The Hall–Kier alpha value is -3.69. The number of carbonyl (C=O) groups is 2. The van der Waals surface area contributed by atoms with Crippen molar-refractivity contribution in [1.82, 2.24) is 9.78 Å². The fourth-order valence-electron chi connectivity index (χ4n) is 2.71. The van der Waals surface area contributed by atoms with E-state index in [1.807, 2.05) is 0 Å². The van der Waals surface area contributed by atoms with Crippen LogP contribution in [0.3, 0.4) is 0 Å². The van der Waals surface area contributed by atoms with Gasteiger partial charge in [-0.1, -0.05) is 6.92 Å². The Morgan fingerprint density at radius 1 is 0.933 bits per heavy atom. The van der Waals surface area contributed by atoms with Crippen LogP contribution in [0.4, 0.5) is 28.9 Å². The molecule has 0 aliphatic heterocycles. The Morgan fingerprint density at radius 3 is 2.03 bits per heavy atom. The van der Waals surface area contributed by atoms with E-state index in [0.29, 0.717) is 12.1 Å². The van der Waals surface area contributed by atoms with Crippen LogP contribution < -0.4 is 10.6 Å². The summed E-state index contributed by atoms with van der Waals surface area (Å²) in [6, 6.07) is 5.84. The van der Waals surface area contributed by atoms with E-state index in [0.717, 1.165) is 24.3 Å². The van der Waals surface area contributed by atoms with Gasteiger partial charge in [0.1, 0.15) is 29.3 Å². The van der Waals surface area contributed by atoms with Crippen molar-refractivity contribution in [3.63, 3.8) is 0 Å². The number of halogens is 4. The molecule has 0 bridgehead atoms. The molecule has 0 aliphatic carbocycles. The molecule has 0 unspecified atom stereocenters. The molecule has 10 heteroatoms. The van der Waals surface area contributed by atoms with Crippen LogP contribution in [0.1, 0.15) is 29.9 Å². The molecule has 1 atom stereocenters. The highest BCUT2D eigenvalue weighted by atomic mass is 19.1. The summed E-state index contributed by atoms with van der Waals surface area (Å²) in [5.74, 6) is -4.83. The van der Waals surface area contributed by atoms with Gasteiger partial charge in [-0.15, -0.1) is 0 Å². The third kappa shape index (κ3) is 4.65. The van der Waals surface area contributed by atoms with Gasteiger partial charge in [0.15, 0.2) is 5.69 Å². The summed E-state index contributed by atoms with van der Waals surface area (Å²) in [5, 5.41) is 8.63. The first kappa shape index (κ1) is 21.0. The standard InChI is InChI=1S/C20H16F4N4O2/c1-2-18(20(30)26-16-6-4-12(22)10-14(16)24)28-8-7-17(27-28)19(29)25-15-5-3-11(21)9-13(15)23/h3-10,18H,2H2,1H3,(H,25,29)(H,26,30)/t18-/m1/s1. The van der Waals surface area contributed by atoms with Gasteiger partial charge in [-0.05, 0) is 36.8 Å². The van der Waals surface area contributed by atoms with E-state index in [1.54, 1.807) is 6.92 Å². The van der Waals surface area contributed by atoms with Crippen molar-refractivity contribution in [3.05, 3.63) is 77.6 Å². The van der Waals surface area contributed by atoms with Crippen molar-refractivity contribution in [2.24, 2.45) is 0 Å². The summed E-state index contributed by atoms with van der Waals surface area (Å²) in [4.78, 5) is 24.8. The molecule has 156 valence electrons. The molecule has 2 amide bonds. The number of aromatic nitrogens is 2. The van der Waals surface area contributed by atoms with Crippen molar-refractivity contribution < 1.29 is 27.2 Å². The quantitative estimate of drug-likeness (QED) is 0.585. The lowest BCUT2D eigenvalue weighted by Gasteiger charge is -2.16. The van der Waals surface area contributed by atoms with Gasteiger partial charge in [-0.25, -0.2) is 17.6 Å². The van der Waals surface area contributed by atoms with E-state index in [4.69, 9.17) is 0 Å². The third-order valence-corrected chi connectivity index (χ3v) is 4.22. The highest BCUT2D eigenvalue weighted by Gasteiger charge is 2.22. The van der Waals surface area contributed by atoms with E-state index >= 15 is 0 Å². The van der Waals surface area contributed by atoms with Gasteiger partial charge >= 0.3 is 0 Å². The average Bonchev–Trinajstić information content (AvgIpc) is 3.17. The smallest absolute Gasteiger partial charge is 0.276 e. The van der Waals surface area contributed by atoms with Crippen molar-refractivity contribution in [2.45, 2.75) is 19.4 Å². The van der Waals surface area contributed by atoms with Gasteiger partial charge in [0.2, 0.25) is 5.91 Å². The minimum absolute atomic E-state index is 0.113. The molecule has 0 saturated heterocycles. The van der Waals surface area contributed by atoms with Crippen LogP contribution >= 0.6 is 0 Å². The minimum atomic E-state index is -0.949. The highest BCUT2D eigenvalue weighted by Crippen LogP contribution is 2.20. The first-order valence-corrected chi connectivity index (χ1v) is 8.86. The number of hydrogen-bond donors (Lipinski definition) is 2. The van der Waals surface area contributed by atoms with Crippen LogP contribution in [0, 0.1) is 23.3 Å². The van der Waals surface area contributed by atoms with Crippen molar-refractivity contribution in [1.29, 1.82) is 0 Å². The van der Waals surface area contributed by atoms with Crippen molar-refractivity contribution in [2.75, 3.05) is 10.6 Å². The Labute approximate surface area is 168 Å². The molecule has 0 aliphatic rings. The lowest BCUT2D eigenvalue weighted by atomic mass is 10.2.